The van der Waals surface area contributed by atoms with Gasteiger partial charge in [0.2, 0.25) is 0 Å². The van der Waals surface area contributed by atoms with E-state index in [1.807, 2.05) is 31.3 Å². The average molecular weight is 267 g/mol. The van der Waals surface area contributed by atoms with Gasteiger partial charge in [0.1, 0.15) is 5.69 Å². The van der Waals surface area contributed by atoms with Gasteiger partial charge in [0.25, 0.3) is 5.91 Å². The molecule has 0 aliphatic carbocycles. The third-order valence-electron chi connectivity index (χ3n) is 2.88. The van der Waals surface area contributed by atoms with Crippen LogP contribution in [0.5, 0.6) is 0 Å². The summed E-state index contributed by atoms with van der Waals surface area (Å²) in [4.78, 5) is 12.0. The lowest BCUT2D eigenvalue weighted by Gasteiger charge is -2.06. The molecule has 0 spiro atoms. The number of aliphatic hydroxyl groups excluding tert-OH is 1. The van der Waals surface area contributed by atoms with Gasteiger partial charge >= 0.3 is 0 Å². The highest BCUT2D eigenvalue weighted by atomic mass is 35.5. The monoisotopic (exact) mass is 266 g/mol. The molecule has 18 heavy (non-hydrogen) atoms. The van der Waals surface area contributed by atoms with Gasteiger partial charge in [-0.3, -0.25) is 4.79 Å². The van der Waals surface area contributed by atoms with Crippen LogP contribution in [-0.4, -0.2) is 28.7 Å². The van der Waals surface area contributed by atoms with Crippen molar-refractivity contribution in [2.75, 3.05) is 13.2 Å². The summed E-state index contributed by atoms with van der Waals surface area (Å²) in [5.41, 5.74) is 1.38. The van der Waals surface area contributed by atoms with Crippen LogP contribution < -0.4 is 5.32 Å². The van der Waals surface area contributed by atoms with Crippen molar-refractivity contribution in [3.05, 3.63) is 35.0 Å². The van der Waals surface area contributed by atoms with Crippen LogP contribution in [0.2, 0.25) is 5.02 Å². The van der Waals surface area contributed by atoms with Crippen LogP contribution >= 0.6 is 11.6 Å². The normalized spacial score (nSPS) is 10.8. The average Bonchev–Trinajstić information content (AvgIpc) is 2.63. The van der Waals surface area contributed by atoms with Gasteiger partial charge in [0.15, 0.2) is 0 Å². The molecular weight excluding hydrogens is 252 g/mol. The summed E-state index contributed by atoms with van der Waals surface area (Å²) in [5.74, 6) is -0.216. The van der Waals surface area contributed by atoms with E-state index in [1.54, 1.807) is 4.57 Å². The summed E-state index contributed by atoms with van der Waals surface area (Å²) < 4.78 is 1.78. The maximum atomic E-state index is 12.0. The Balaban J connectivity index is 2.36. The summed E-state index contributed by atoms with van der Waals surface area (Å²) >= 11 is 6.24. The minimum atomic E-state index is -0.216. The SMILES string of the molecule is Cn1c(C(=O)NCCCO)c(Cl)c2ccccc21. The predicted molar refractivity (Wildman–Crippen MR) is 72.0 cm³/mol. The molecule has 2 rings (SSSR count). The Hall–Kier alpha value is -1.52. The zero-order valence-corrected chi connectivity index (χ0v) is 10.9. The summed E-state index contributed by atoms with van der Waals surface area (Å²) in [6.45, 7) is 0.496. The molecule has 2 aromatic rings. The predicted octanol–water partition coefficient (Wildman–Crippen LogP) is 1.94. The lowest BCUT2D eigenvalue weighted by Crippen LogP contribution is -2.27. The number of rotatable bonds is 4. The number of carbonyl (C=O) groups excluding carboxylic acids is 1. The molecule has 1 heterocycles. The maximum Gasteiger partial charge on any atom is 0.269 e. The Bertz CT molecular complexity index is 539. The molecule has 1 aromatic carbocycles. The molecule has 0 radical (unpaired) electrons. The van der Waals surface area contributed by atoms with E-state index in [-0.39, 0.29) is 12.5 Å². The number of amides is 1. The summed E-state index contributed by atoms with van der Waals surface area (Å²) in [6, 6.07) is 7.61. The Kier molecular flexibility index (Phi) is 3.89. The third kappa shape index (κ3) is 2.21. The summed E-state index contributed by atoms with van der Waals surface area (Å²) in [5, 5.41) is 12.8. The number of nitrogens with zero attached hydrogens (tertiary/aromatic N) is 1. The number of hydrogen-bond donors (Lipinski definition) is 2. The fourth-order valence-electron chi connectivity index (χ4n) is 1.96. The van der Waals surface area contributed by atoms with Crippen molar-refractivity contribution < 1.29 is 9.90 Å². The van der Waals surface area contributed by atoms with E-state index < -0.39 is 0 Å². The van der Waals surface area contributed by atoms with E-state index in [2.05, 4.69) is 5.32 Å². The van der Waals surface area contributed by atoms with Gasteiger partial charge < -0.3 is 15.0 Å². The molecule has 5 heteroatoms. The van der Waals surface area contributed by atoms with Gasteiger partial charge in [-0.05, 0) is 12.5 Å². The van der Waals surface area contributed by atoms with Crippen LogP contribution in [0.3, 0.4) is 0 Å². The second-order valence-electron chi connectivity index (χ2n) is 4.07. The zero-order chi connectivity index (χ0) is 13.1. The molecule has 2 N–H and O–H groups in total. The number of nitrogens with one attached hydrogen (secondary N) is 1. The van der Waals surface area contributed by atoms with Gasteiger partial charge in [-0.25, -0.2) is 0 Å². The van der Waals surface area contributed by atoms with E-state index in [1.165, 1.54) is 0 Å². The molecule has 0 atom stereocenters. The standard InChI is InChI=1S/C13H15ClN2O2/c1-16-10-6-3-2-5-9(10)11(14)12(16)13(18)15-7-4-8-17/h2-3,5-6,17H,4,7-8H2,1H3,(H,15,18). The van der Waals surface area contributed by atoms with Gasteiger partial charge in [0.05, 0.1) is 5.02 Å². The van der Waals surface area contributed by atoms with Crippen LogP contribution in [0.1, 0.15) is 16.9 Å². The van der Waals surface area contributed by atoms with Gasteiger partial charge in [-0.15, -0.1) is 0 Å². The molecular formula is C13H15ClN2O2. The summed E-state index contributed by atoms with van der Waals surface area (Å²) in [7, 11) is 1.81. The Labute approximate surface area is 110 Å². The summed E-state index contributed by atoms with van der Waals surface area (Å²) in [6.07, 6.45) is 0.535. The molecule has 0 aliphatic heterocycles. The van der Waals surface area contributed by atoms with Crippen LogP contribution in [0, 0.1) is 0 Å². The van der Waals surface area contributed by atoms with Crippen molar-refractivity contribution in [1.82, 2.24) is 9.88 Å². The van der Waals surface area contributed by atoms with Crippen molar-refractivity contribution in [3.63, 3.8) is 0 Å². The molecule has 4 nitrogen and oxygen atoms in total. The lowest BCUT2D eigenvalue weighted by atomic mass is 10.2. The molecule has 0 fully saturated rings. The molecule has 0 bridgehead atoms. The fourth-order valence-corrected chi connectivity index (χ4v) is 2.34. The number of aliphatic hydroxyl groups is 1. The third-order valence-corrected chi connectivity index (χ3v) is 3.26. The Morgan fingerprint density at radius 1 is 1.44 bits per heavy atom. The van der Waals surface area contributed by atoms with Crippen LogP contribution in [0.4, 0.5) is 0 Å². The van der Waals surface area contributed by atoms with Crippen molar-refractivity contribution in [2.24, 2.45) is 7.05 Å². The van der Waals surface area contributed by atoms with Crippen molar-refractivity contribution >= 4 is 28.4 Å². The highest BCUT2D eigenvalue weighted by Gasteiger charge is 2.18. The first-order chi connectivity index (χ1) is 8.66. The smallest absolute Gasteiger partial charge is 0.269 e. The quantitative estimate of drug-likeness (QED) is 0.831. The van der Waals surface area contributed by atoms with Crippen LogP contribution in [0.15, 0.2) is 24.3 Å². The van der Waals surface area contributed by atoms with Crippen molar-refractivity contribution in [1.29, 1.82) is 0 Å². The number of aromatic nitrogens is 1. The number of benzene rings is 1. The zero-order valence-electron chi connectivity index (χ0n) is 10.1. The largest absolute Gasteiger partial charge is 0.396 e. The molecule has 0 unspecified atom stereocenters. The minimum Gasteiger partial charge on any atom is -0.396 e. The van der Waals surface area contributed by atoms with Crippen LogP contribution in [-0.2, 0) is 7.05 Å². The first-order valence-electron chi connectivity index (χ1n) is 5.78. The van der Waals surface area contributed by atoms with E-state index in [4.69, 9.17) is 16.7 Å². The van der Waals surface area contributed by atoms with Crippen molar-refractivity contribution in [3.8, 4) is 0 Å². The molecule has 96 valence electrons. The number of hydrogen-bond acceptors (Lipinski definition) is 2. The maximum absolute atomic E-state index is 12.0. The number of fused-ring (bicyclic) bond motifs is 1. The second kappa shape index (κ2) is 5.42. The lowest BCUT2D eigenvalue weighted by molar-refractivity contribution is 0.0943. The highest BCUT2D eigenvalue weighted by Crippen LogP contribution is 2.29. The van der Waals surface area contributed by atoms with Gasteiger partial charge in [0, 0.05) is 31.1 Å². The van der Waals surface area contributed by atoms with Crippen molar-refractivity contribution in [2.45, 2.75) is 6.42 Å². The highest BCUT2D eigenvalue weighted by molar-refractivity contribution is 6.38. The Morgan fingerprint density at radius 3 is 2.83 bits per heavy atom. The van der Waals surface area contributed by atoms with E-state index >= 15 is 0 Å². The minimum absolute atomic E-state index is 0.0587. The number of carbonyl (C=O) groups is 1. The number of para-hydroxylation sites is 1. The fraction of sp³-hybridized carbons (Fsp3) is 0.308. The van der Waals surface area contributed by atoms with E-state index in [9.17, 15) is 4.79 Å². The molecule has 0 saturated heterocycles. The first kappa shape index (κ1) is 12.9. The Morgan fingerprint density at radius 2 is 2.17 bits per heavy atom. The van der Waals surface area contributed by atoms with E-state index in [0.29, 0.717) is 23.7 Å². The topological polar surface area (TPSA) is 54.3 Å². The molecule has 1 aromatic heterocycles. The van der Waals surface area contributed by atoms with E-state index in [0.717, 1.165) is 10.9 Å². The number of aryl methyl sites for hydroxylation is 1. The van der Waals surface area contributed by atoms with Crippen LogP contribution in [0.25, 0.3) is 10.9 Å². The molecule has 0 saturated carbocycles. The number of halogens is 1. The van der Waals surface area contributed by atoms with Gasteiger partial charge in [-0.2, -0.15) is 0 Å². The second-order valence-corrected chi connectivity index (χ2v) is 4.45. The van der Waals surface area contributed by atoms with Gasteiger partial charge in [-0.1, -0.05) is 29.8 Å². The molecule has 0 aliphatic rings. The first-order valence-corrected chi connectivity index (χ1v) is 6.16. The molecule has 1 amide bonds.